The van der Waals surface area contributed by atoms with Gasteiger partial charge in [0.2, 0.25) is 0 Å². The molecule has 2 rings (SSSR count). The van der Waals surface area contributed by atoms with Crippen molar-refractivity contribution in [1.82, 2.24) is 4.98 Å². The van der Waals surface area contributed by atoms with Gasteiger partial charge < -0.3 is 5.32 Å². The fourth-order valence-corrected chi connectivity index (χ4v) is 1.89. The third-order valence-corrected chi connectivity index (χ3v) is 2.76. The van der Waals surface area contributed by atoms with Gasteiger partial charge in [0.15, 0.2) is 0 Å². The van der Waals surface area contributed by atoms with Crippen LogP contribution in [-0.2, 0) is 0 Å². The van der Waals surface area contributed by atoms with Crippen molar-refractivity contribution in [3.05, 3.63) is 52.7 Å². The van der Waals surface area contributed by atoms with E-state index in [0.29, 0.717) is 22.6 Å². The van der Waals surface area contributed by atoms with E-state index < -0.39 is 0 Å². The Labute approximate surface area is 112 Å². The zero-order valence-electron chi connectivity index (χ0n) is 10.7. The molecule has 0 radical (unpaired) electrons. The molecule has 0 aliphatic heterocycles. The molecule has 0 aliphatic rings. The molecule has 0 spiro atoms. The number of hydrogen-bond donors (Lipinski definition) is 1. The van der Waals surface area contributed by atoms with Gasteiger partial charge in [-0.05, 0) is 37.6 Å². The van der Waals surface area contributed by atoms with Gasteiger partial charge in [-0.1, -0.05) is 12.1 Å². The summed E-state index contributed by atoms with van der Waals surface area (Å²) in [5.74, 6) is 0.489. The van der Waals surface area contributed by atoms with Crippen molar-refractivity contribution in [3.8, 4) is 12.1 Å². The lowest BCUT2D eigenvalue weighted by Gasteiger charge is -2.11. The van der Waals surface area contributed by atoms with Crippen molar-refractivity contribution in [2.24, 2.45) is 0 Å². The predicted octanol–water partition coefficient (Wildman–Crippen LogP) is 3.19. The normalized spacial score (nSPS) is 9.47. The molecule has 0 saturated heterocycles. The number of benzene rings is 1. The third-order valence-electron chi connectivity index (χ3n) is 2.76. The van der Waals surface area contributed by atoms with Crippen LogP contribution in [-0.4, -0.2) is 4.98 Å². The van der Waals surface area contributed by atoms with Crippen molar-refractivity contribution < 1.29 is 0 Å². The first-order valence-corrected chi connectivity index (χ1v) is 5.80. The van der Waals surface area contributed by atoms with Gasteiger partial charge in [-0.25, -0.2) is 4.98 Å². The van der Waals surface area contributed by atoms with E-state index in [9.17, 15) is 5.26 Å². The van der Waals surface area contributed by atoms with E-state index in [1.54, 1.807) is 18.2 Å². The van der Waals surface area contributed by atoms with Gasteiger partial charge in [0.25, 0.3) is 0 Å². The number of nitrogens with one attached hydrogen (secondary N) is 1. The van der Waals surface area contributed by atoms with Gasteiger partial charge in [-0.3, -0.25) is 0 Å². The summed E-state index contributed by atoms with van der Waals surface area (Å²) in [6, 6.07) is 13.2. The van der Waals surface area contributed by atoms with Crippen LogP contribution in [0.2, 0.25) is 0 Å². The second-order valence-corrected chi connectivity index (χ2v) is 4.20. The Bertz CT molecular complexity index is 705. The van der Waals surface area contributed by atoms with Crippen LogP contribution in [0.1, 0.15) is 22.4 Å². The molecule has 0 aliphatic carbocycles. The number of nitrogens with zero attached hydrogens (tertiary/aromatic N) is 3. The summed E-state index contributed by atoms with van der Waals surface area (Å²) in [7, 11) is 0. The lowest BCUT2D eigenvalue weighted by Crippen LogP contribution is -2.02. The summed E-state index contributed by atoms with van der Waals surface area (Å²) in [6.45, 7) is 3.74. The molecule has 0 bridgehead atoms. The molecule has 0 atom stereocenters. The minimum Gasteiger partial charge on any atom is -0.338 e. The highest BCUT2D eigenvalue weighted by molar-refractivity contribution is 5.69. The minimum atomic E-state index is 0.489. The molecule has 1 aromatic carbocycles. The van der Waals surface area contributed by atoms with Crippen LogP contribution in [0.25, 0.3) is 0 Å². The van der Waals surface area contributed by atoms with Gasteiger partial charge >= 0.3 is 0 Å². The first-order chi connectivity index (χ1) is 9.15. The number of aryl methyl sites for hydroxylation is 2. The van der Waals surface area contributed by atoms with Gasteiger partial charge in [0.05, 0.1) is 16.8 Å². The number of aromatic nitrogens is 1. The summed E-state index contributed by atoms with van der Waals surface area (Å²) >= 11 is 0. The average molecular weight is 248 g/mol. The van der Waals surface area contributed by atoms with Crippen LogP contribution < -0.4 is 5.32 Å². The predicted molar refractivity (Wildman–Crippen MR) is 72.9 cm³/mol. The highest BCUT2D eigenvalue weighted by atomic mass is 15.0. The lowest BCUT2D eigenvalue weighted by molar-refractivity contribution is 1.16. The molecule has 92 valence electrons. The molecule has 1 N–H and O–H groups in total. The van der Waals surface area contributed by atoms with Gasteiger partial charge in [0.1, 0.15) is 18.0 Å². The largest absolute Gasteiger partial charge is 0.338 e. The molecular weight excluding hydrogens is 236 g/mol. The quantitative estimate of drug-likeness (QED) is 0.885. The van der Waals surface area contributed by atoms with Crippen molar-refractivity contribution in [2.45, 2.75) is 13.8 Å². The zero-order chi connectivity index (χ0) is 13.8. The Morgan fingerprint density at radius 3 is 2.53 bits per heavy atom. The number of para-hydroxylation sites is 1. The average Bonchev–Trinajstić information content (AvgIpc) is 2.39. The highest BCUT2D eigenvalue weighted by Crippen LogP contribution is 2.23. The molecule has 19 heavy (non-hydrogen) atoms. The van der Waals surface area contributed by atoms with E-state index in [2.05, 4.69) is 22.4 Å². The summed E-state index contributed by atoms with van der Waals surface area (Å²) < 4.78 is 0. The Balaban J connectivity index is 2.50. The van der Waals surface area contributed by atoms with Crippen LogP contribution >= 0.6 is 0 Å². The first-order valence-electron chi connectivity index (χ1n) is 5.80. The van der Waals surface area contributed by atoms with Crippen LogP contribution in [0.15, 0.2) is 30.3 Å². The third kappa shape index (κ3) is 2.53. The van der Waals surface area contributed by atoms with Gasteiger partial charge in [0, 0.05) is 5.69 Å². The summed E-state index contributed by atoms with van der Waals surface area (Å²) in [6.07, 6.45) is 0. The lowest BCUT2D eigenvalue weighted by atomic mass is 10.1. The van der Waals surface area contributed by atoms with E-state index in [1.165, 1.54) is 0 Å². The SMILES string of the molecule is Cc1cc(C)c(C#N)c(Nc2ccccc2C#N)n1. The Morgan fingerprint density at radius 1 is 1.11 bits per heavy atom. The van der Waals surface area contributed by atoms with E-state index in [0.717, 1.165) is 11.3 Å². The van der Waals surface area contributed by atoms with Gasteiger partial charge in [-0.2, -0.15) is 10.5 Å². The van der Waals surface area contributed by atoms with E-state index in [1.807, 2.05) is 26.0 Å². The summed E-state index contributed by atoms with van der Waals surface area (Å²) in [5, 5.41) is 21.3. The number of rotatable bonds is 2. The fraction of sp³-hybridized carbons (Fsp3) is 0.133. The molecule has 4 heteroatoms. The minimum absolute atomic E-state index is 0.489. The van der Waals surface area contributed by atoms with E-state index in [-0.39, 0.29) is 0 Å². The molecule has 2 aromatic rings. The zero-order valence-corrected chi connectivity index (χ0v) is 10.7. The van der Waals surface area contributed by atoms with Crippen LogP contribution in [0.5, 0.6) is 0 Å². The molecule has 0 unspecified atom stereocenters. The number of pyridine rings is 1. The van der Waals surface area contributed by atoms with Crippen LogP contribution in [0, 0.1) is 36.5 Å². The number of nitriles is 2. The smallest absolute Gasteiger partial charge is 0.148 e. The van der Waals surface area contributed by atoms with Crippen molar-refractivity contribution >= 4 is 11.5 Å². The molecule has 0 saturated carbocycles. The van der Waals surface area contributed by atoms with Crippen molar-refractivity contribution in [2.75, 3.05) is 5.32 Å². The summed E-state index contributed by atoms with van der Waals surface area (Å²) in [4.78, 5) is 4.33. The Morgan fingerprint density at radius 2 is 1.84 bits per heavy atom. The summed E-state index contributed by atoms with van der Waals surface area (Å²) in [5.41, 5.74) is 3.37. The Hall–Kier alpha value is -2.85. The molecule has 0 amide bonds. The van der Waals surface area contributed by atoms with Crippen molar-refractivity contribution in [3.63, 3.8) is 0 Å². The topological polar surface area (TPSA) is 72.5 Å². The molecular formula is C15H12N4. The van der Waals surface area contributed by atoms with Crippen LogP contribution in [0.3, 0.4) is 0 Å². The Kier molecular flexibility index (Phi) is 3.45. The van der Waals surface area contributed by atoms with Gasteiger partial charge in [-0.15, -0.1) is 0 Å². The molecule has 4 nitrogen and oxygen atoms in total. The first kappa shape index (κ1) is 12.6. The standard InChI is InChI=1S/C15H12N4/c1-10-7-11(2)18-15(13(10)9-17)19-14-6-4-3-5-12(14)8-16/h3-7H,1-2H3,(H,18,19). The van der Waals surface area contributed by atoms with E-state index in [4.69, 9.17) is 5.26 Å². The molecule has 1 heterocycles. The second-order valence-electron chi connectivity index (χ2n) is 4.20. The maximum Gasteiger partial charge on any atom is 0.148 e. The molecule has 0 fully saturated rings. The van der Waals surface area contributed by atoms with E-state index >= 15 is 0 Å². The number of anilines is 2. The maximum absolute atomic E-state index is 9.20. The molecule has 1 aromatic heterocycles. The maximum atomic E-state index is 9.20. The highest BCUT2D eigenvalue weighted by Gasteiger charge is 2.10. The van der Waals surface area contributed by atoms with Crippen LogP contribution in [0.4, 0.5) is 11.5 Å². The second kappa shape index (κ2) is 5.20. The monoisotopic (exact) mass is 248 g/mol. The number of hydrogen-bond acceptors (Lipinski definition) is 4. The fourth-order valence-electron chi connectivity index (χ4n) is 1.89. The van der Waals surface area contributed by atoms with Crippen molar-refractivity contribution in [1.29, 1.82) is 10.5 Å².